The quantitative estimate of drug-likeness (QED) is 0.164. The molecule has 0 aliphatic carbocycles. The Morgan fingerprint density at radius 1 is 0.719 bits per heavy atom. The van der Waals surface area contributed by atoms with E-state index in [1.54, 1.807) is 6.08 Å². The van der Waals surface area contributed by atoms with Gasteiger partial charge in [0.05, 0.1) is 19.8 Å². The summed E-state index contributed by atoms with van der Waals surface area (Å²) in [4.78, 5) is 11.0. The molecule has 0 atom stereocenters. The summed E-state index contributed by atoms with van der Waals surface area (Å²) >= 11 is 0. The van der Waals surface area contributed by atoms with Crippen molar-refractivity contribution in [2.75, 3.05) is 19.8 Å². The van der Waals surface area contributed by atoms with Crippen molar-refractivity contribution in [1.29, 1.82) is 0 Å². The Balaban J connectivity index is 3.02. The van der Waals surface area contributed by atoms with Crippen molar-refractivity contribution in [1.82, 2.24) is 0 Å². The van der Waals surface area contributed by atoms with Crippen LogP contribution >= 0.6 is 0 Å². The van der Waals surface area contributed by atoms with Gasteiger partial charge >= 0.3 is 5.97 Å². The first-order valence-electron chi connectivity index (χ1n) is 12.6. The first-order chi connectivity index (χ1) is 15.6. The van der Waals surface area contributed by atoms with Crippen LogP contribution in [0.25, 0.3) is 6.08 Å². The molecule has 0 radical (unpaired) electrons. The highest BCUT2D eigenvalue weighted by Gasteiger charge is 2.15. The highest BCUT2D eigenvalue weighted by Crippen LogP contribution is 2.40. The molecule has 1 rings (SSSR count). The van der Waals surface area contributed by atoms with E-state index in [1.807, 2.05) is 12.1 Å². The molecule has 1 N–H and O–H groups in total. The van der Waals surface area contributed by atoms with Crippen LogP contribution in [0.4, 0.5) is 0 Å². The fourth-order valence-electron chi connectivity index (χ4n) is 3.34. The van der Waals surface area contributed by atoms with E-state index < -0.39 is 5.97 Å². The van der Waals surface area contributed by atoms with Crippen molar-refractivity contribution < 1.29 is 24.1 Å². The first kappa shape index (κ1) is 27.9. The lowest BCUT2D eigenvalue weighted by molar-refractivity contribution is -0.131. The second-order valence-corrected chi connectivity index (χ2v) is 8.25. The lowest BCUT2D eigenvalue weighted by atomic mass is 10.1. The van der Waals surface area contributed by atoms with Gasteiger partial charge in [0.15, 0.2) is 11.5 Å². The van der Waals surface area contributed by atoms with Crippen LogP contribution in [0.15, 0.2) is 18.2 Å². The van der Waals surface area contributed by atoms with Gasteiger partial charge in [0.1, 0.15) is 0 Å². The Bertz CT molecular complexity index is 618. The number of benzene rings is 1. The van der Waals surface area contributed by atoms with E-state index in [0.717, 1.165) is 50.2 Å². The van der Waals surface area contributed by atoms with Crippen LogP contribution in [0, 0.1) is 0 Å². The minimum absolute atomic E-state index is 0.605. The van der Waals surface area contributed by atoms with Crippen LogP contribution in [0.1, 0.15) is 103 Å². The maximum atomic E-state index is 11.0. The Morgan fingerprint density at radius 3 is 1.56 bits per heavy atom. The van der Waals surface area contributed by atoms with Crippen LogP contribution < -0.4 is 14.2 Å². The van der Waals surface area contributed by atoms with Gasteiger partial charge in [0, 0.05) is 6.08 Å². The van der Waals surface area contributed by atoms with Crippen LogP contribution in [-0.4, -0.2) is 30.9 Å². The molecular formula is C27H44O5. The summed E-state index contributed by atoms with van der Waals surface area (Å²) in [5, 5.41) is 9.03. The molecule has 0 unspecified atom stereocenters. The average molecular weight is 449 g/mol. The zero-order chi connectivity index (χ0) is 23.4. The minimum Gasteiger partial charge on any atom is -0.490 e. The molecule has 5 nitrogen and oxygen atoms in total. The number of hydrogen-bond donors (Lipinski definition) is 1. The Labute approximate surface area is 195 Å². The SMILES string of the molecule is CCCCCCOc1cc(C=CC(=O)O)cc(OCCCCCC)c1OCCCCCC. The largest absolute Gasteiger partial charge is 0.490 e. The standard InChI is InChI=1S/C27H44O5/c1-4-7-10-13-18-30-24-21-23(16-17-26(28)29)22-25(31-19-14-11-8-5-2)27(24)32-20-15-12-9-6-3/h16-17,21-22H,4-15,18-20H2,1-3H3,(H,28,29). The molecule has 0 amide bonds. The van der Waals surface area contributed by atoms with Crippen molar-refractivity contribution >= 4 is 12.0 Å². The van der Waals surface area contributed by atoms with E-state index in [-0.39, 0.29) is 0 Å². The molecule has 0 aliphatic heterocycles. The summed E-state index contributed by atoms with van der Waals surface area (Å²) in [5.41, 5.74) is 0.734. The van der Waals surface area contributed by atoms with E-state index in [4.69, 9.17) is 19.3 Å². The third-order valence-corrected chi connectivity index (χ3v) is 5.22. The van der Waals surface area contributed by atoms with E-state index in [9.17, 15) is 4.79 Å². The molecule has 1 aromatic carbocycles. The molecule has 0 saturated heterocycles. The molecule has 0 spiro atoms. The second-order valence-electron chi connectivity index (χ2n) is 8.25. The summed E-state index contributed by atoms with van der Waals surface area (Å²) < 4.78 is 18.4. The molecule has 5 heteroatoms. The smallest absolute Gasteiger partial charge is 0.328 e. The van der Waals surface area contributed by atoms with Crippen molar-refractivity contribution in [3.63, 3.8) is 0 Å². The fraction of sp³-hybridized carbons (Fsp3) is 0.667. The van der Waals surface area contributed by atoms with Crippen molar-refractivity contribution in [2.45, 2.75) is 97.8 Å². The maximum Gasteiger partial charge on any atom is 0.328 e. The summed E-state index contributed by atoms with van der Waals surface area (Å²) in [6.45, 7) is 8.39. The Hall–Kier alpha value is -2.17. The van der Waals surface area contributed by atoms with Crippen LogP contribution in [0.3, 0.4) is 0 Å². The minimum atomic E-state index is -0.981. The summed E-state index contributed by atoms with van der Waals surface area (Å²) in [6.07, 6.45) is 16.2. The summed E-state index contributed by atoms with van der Waals surface area (Å²) in [7, 11) is 0. The topological polar surface area (TPSA) is 65.0 Å². The molecule has 0 heterocycles. The summed E-state index contributed by atoms with van der Waals surface area (Å²) in [6, 6.07) is 3.70. The van der Waals surface area contributed by atoms with Crippen LogP contribution in [-0.2, 0) is 4.79 Å². The lowest BCUT2D eigenvalue weighted by Crippen LogP contribution is -2.06. The Kier molecular flexibility index (Phi) is 16.0. The van der Waals surface area contributed by atoms with Gasteiger partial charge in [0.25, 0.3) is 0 Å². The predicted octanol–water partition coefficient (Wildman–Crippen LogP) is 7.66. The molecule has 0 saturated carbocycles. The van der Waals surface area contributed by atoms with Gasteiger partial charge in [-0.1, -0.05) is 78.6 Å². The average Bonchev–Trinajstić information content (AvgIpc) is 2.78. The van der Waals surface area contributed by atoms with Gasteiger partial charge in [-0.3, -0.25) is 0 Å². The van der Waals surface area contributed by atoms with E-state index in [1.165, 1.54) is 38.5 Å². The highest BCUT2D eigenvalue weighted by molar-refractivity contribution is 5.85. The molecular weight excluding hydrogens is 404 g/mol. The molecule has 0 aromatic heterocycles. The van der Waals surface area contributed by atoms with Gasteiger partial charge in [-0.2, -0.15) is 0 Å². The van der Waals surface area contributed by atoms with Gasteiger partial charge < -0.3 is 19.3 Å². The number of carboxylic acid groups (broad SMARTS) is 1. The number of rotatable bonds is 20. The molecule has 0 bridgehead atoms. The molecule has 0 fully saturated rings. The predicted molar refractivity (Wildman–Crippen MR) is 132 cm³/mol. The van der Waals surface area contributed by atoms with E-state index in [2.05, 4.69) is 20.8 Å². The fourth-order valence-corrected chi connectivity index (χ4v) is 3.34. The zero-order valence-electron chi connectivity index (χ0n) is 20.5. The molecule has 1 aromatic rings. The third kappa shape index (κ3) is 12.6. The van der Waals surface area contributed by atoms with Gasteiger partial charge in [-0.15, -0.1) is 0 Å². The number of unbranched alkanes of at least 4 members (excludes halogenated alkanes) is 9. The Morgan fingerprint density at radius 2 is 1.16 bits per heavy atom. The maximum absolute atomic E-state index is 11.0. The van der Waals surface area contributed by atoms with Gasteiger partial charge in [0.2, 0.25) is 5.75 Å². The number of carbonyl (C=O) groups is 1. The molecule has 0 aliphatic rings. The first-order valence-corrected chi connectivity index (χ1v) is 12.6. The number of aliphatic carboxylic acids is 1. The molecule has 182 valence electrons. The number of hydrogen-bond acceptors (Lipinski definition) is 4. The van der Waals surface area contributed by atoms with Crippen molar-refractivity contribution in [3.8, 4) is 17.2 Å². The van der Waals surface area contributed by atoms with Crippen LogP contribution in [0.5, 0.6) is 17.2 Å². The monoisotopic (exact) mass is 448 g/mol. The van der Waals surface area contributed by atoms with Crippen molar-refractivity contribution in [2.24, 2.45) is 0 Å². The van der Waals surface area contributed by atoms with Crippen molar-refractivity contribution in [3.05, 3.63) is 23.8 Å². The molecule has 32 heavy (non-hydrogen) atoms. The highest BCUT2D eigenvalue weighted by atomic mass is 16.5. The van der Waals surface area contributed by atoms with Gasteiger partial charge in [-0.25, -0.2) is 4.79 Å². The normalized spacial score (nSPS) is 11.1. The van der Waals surface area contributed by atoms with E-state index in [0.29, 0.717) is 37.1 Å². The number of ether oxygens (including phenoxy) is 3. The zero-order valence-corrected chi connectivity index (χ0v) is 20.5. The van der Waals surface area contributed by atoms with Crippen LogP contribution in [0.2, 0.25) is 0 Å². The lowest BCUT2D eigenvalue weighted by Gasteiger charge is -2.18. The van der Waals surface area contributed by atoms with E-state index >= 15 is 0 Å². The second kappa shape index (κ2) is 18.4. The summed E-state index contributed by atoms with van der Waals surface area (Å²) in [5.74, 6) is 0.923. The third-order valence-electron chi connectivity index (χ3n) is 5.22. The van der Waals surface area contributed by atoms with Gasteiger partial charge in [-0.05, 0) is 43.0 Å². The number of carboxylic acids is 1.